The molecule has 0 N–H and O–H groups in total. The minimum atomic E-state index is -1.97. The normalized spacial score (nSPS) is 10.6. The monoisotopic (exact) mass is 412 g/mol. The van der Waals surface area contributed by atoms with E-state index in [2.05, 4.69) is 25.4 Å². The maximum absolute atomic E-state index is 13.5. The van der Waals surface area contributed by atoms with Gasteiger partial charge in [0.2, 0.25) is 5.92 Å². The largest absolute Gasteiger partial charge is 0.465 e. The first-order valence-corrected chi connectivity index (χ1v) is 7.63. The Labute approximate surface area is 144 Å². The lowest BCUT2D eigenvalue weighted by Gasteiger charge is -2.15. The molecule has 126 valence electrons. The van der Waals surface area contributed by atoms with Crippen LogP contribution in [-0.2, 0) is 19.1 Å². The van der Waals surface area contributed by atoms with Gasteiger partial charge in [-0.05, 0) is 35.8 Å². The number of carbonyl (C=O) groups is 3. The van der Waals surface area contributed by atoms with E-state index in [0.29, 0.717) is 6.07 Å². The molecule has 5 nitrogen and oxygen atoms in total. The average molecular weight is 414 g/mol. The van der Waals surface area contributed by atoms with Gasteiger partial charge in [-0.15, -0.1) is 0 Å². The zero-order valence-corrected chi connectivity index (χ0v) is 14.5. The van der Waals surface area contributed by atoms with Crippen molar-refractivity contribution in [2.75, 3.05) is 13.2 Å². The lowest BCUT2D eigenvalue weighted by Crippen LogP contribution is -2.35. The summed E-state index contributed by atoms with van der Waals surface area (Å²) in [6.07, 6.45) is 0. The molecule has 1 aromatic rings. The third-order valence-corrected chi connectivity index (χ3v) is 4.04. The van der Waals surface area contributed by atoms with Gasteiger partial charge in [-0.1, -0.05) is 11.6 Å². The van der Waals surface area contributed by atoms with Crippen molar-refractivity contribution < 1.29 is 32.6 Å². The Kier molecular flexibility index (Phi) is 7.08. The number of hydrogen-bond acceptors (Lipinski definition) is 5. The van der Waals surface area contributed by atoms with Crippen molar-refractivity contribution in [3.05, 3.63) is 32.8 Å². The molecule has 0 aliphatic rings. The maximum Gasteiger partial charge on any atom is 0.328 e. The quantitative estimate of drug-likeness (QED) is 0.235. The number of ether oxygens (including phenoxy) is 2. The molecule has 9 heteroatoms. The standard InChI is InChI=1S/C14H12BrClF2O5/c1-3-22-13(20)8(14(21)23-4-2)12(19)6-5-7(17)11(18)9(15)10(6)16/h5,8H,3-4H2,1-2H3. The maximum atomic E-state index is 13.5. The first-order valence-electron chi connectivity index (χ1n) is 6.46. The fourth-order valence-electron chi connectivity index (χ4n) is 1.67. The van der Waals surface area contributed by atoms with Gasteiger partial charge in [-0.25, -0.2) is 8.78 Å². The zero-order valence-electron chi connectivity index (χ0n) is 12.1. The van der Waals surface area contributed by atoms with Crippen LogP contribution in [0, 0.1) is 17.6 Å². The topological polar surface area (TPSA) is 69.7 Å². The Morgan fingerprint density at radius 3 is 2.09 bits per heavy atom. The molecular weight excluding hydrogens is 402 g/mol. The first-order chi connectivity index (χ1) is 10.8. The van der Waals surface area contributed by atoms with E-state index in [1.165, 1.54) is 13.8 Å². The molecule has 1 aromatic carbocycles. The number of carbonyl (C=O) groups excluding carboxylic acids is 3. The van der Waals surface area contributed by atoms with E-state index in [0.717, 1.165) is 0 Å². The number of benzene rings is 1. The van der Waals surface area contributed by atoms with E-state index in [-0.39, 0.29) is 13.2 Å². The highest BCUT2D eigenvalue weighted by molar-refractivity contribution is 9.10. The predicted molar refractivity (Wildman–Crippen MR) is 80.2 cm³/mol. The number of ketones is 1. The second-order valence-electron chi connectivity index (χ2n) is 4.15. The van der Waals surface area contributed by atoms with Crippen LogP contribution in [-0.4, -0.2) is 30.9 Å². The fourth-order valence-corrected chi connectivity index (χ4v) is 2.30. The van der Waals surface area contributed by atoms with Crippen LogP contribution in [0.15, 0.2) is 10.5 Å². The van der Waals surface area contributed by atoms with Crippen molar-refractivity contribution in [2.45, 2.75) is 13.8 Å². The highest BCUT2D eigenvalue weighted by Crippen LogP contribution is 2.32. The second kappa shape index (κ2) is 8.35. The van der Waals surface area contributed by atoms with Gasteiger partial charge in [-0.3, -0.25) is 14.4 Å². The van der Waals surface area contributed by atoms with Crippen LogP contribution in [0.25, 0.3) is 0 Å². The summed E-state index contributed by atoms with van der Waals surface area (Å²) in [5.41, 5.74) is -0.538. The molecule has 23 heavy (non-hydrogen) atoms. The van der Waals surface area contributed by atoms with Gasteiger partial charge in [0, 0.05) is 5.56 Å². The molecule has 0 radical (unpaired) electrons. The van der Waals surface area contributed by atoms with Gasteiger partial charge in [-0.2, -0.15) is 0 Å². The van der Waals surface area contributed by atoms with Gasteiger partial charge in [0.15, 0.2) is 17.4 Å². The lowest BCUT2D eigenvalue weighted by molar-refractivity contribution is -0.158. The van der Waals surface area contributed by atoms with Crippen LogP contribution >= 0.6 is 27.5 Å². The first kappa shape index (κ1) is 19.5. The molecule has 0 fully saturated rings. The highest BCUT2D eigenvalue weighted by Gasteiger charge is 2.39. The third-order valence-electron chi connectivity index (χ3n) is 2.67. The molecule has 0 atom stereocenters. The predicted octanol–water partition coefficient (Wildman–Crippen LogP) is 3.31. The lowest BCUT2D eigenvalue weighted by atomic mass is 9.97. The number of Topliss-reactive ketones (excluding diaryl/α,β-unsaturated/α-hetero) is 1. The van der Waals surface area contributed by atoms with Crippen LogP contribution in [0.4, 0.5) is 8.78 Å². The summed E-state index contributed by atoms with van der Waals surface area (Å²) in [5, 5.41) is -0.465. The average Bonchev–Trinajstić information content (AvgIpc) is 2.49. The van der Waals surface area contributed by atoms with E-state index < -0.39 is 50.3 Å². The van der Waals surface area contributed by atoms with Crippen molar-refractivity contribution >= 4 is 45.3 Å². The van der Waals surface area contributed by atoms with Gasteiger partial charge in [0.1, 0.15) is 0 Å². The molecule has 0 heterocycles. The summed E-state index contributed by atoms with van der Waals surface area (Å²) in [6, 6.07) is 0.510. The highest BCUT2D eigenvalue weighted by atomic mass is 79.9. The van der Waals surface area contributed by atoms with Crippen LogP contribution in [0.5, 0.6) is 0 Å². The van der Waals surface area contributed by atoms with Gasteiger partial charge in [0.25, 0.3) is 0 Å². The summed E-state index contributed by atoms with van der Waals surface area (Å²) in [5.74, 6) is -8.09. The Balaban J connectivity index is 3.35. The number of halogens is 4. The molecule has 0 aliphatic carbocycles. The molecule has 0 amide bonds. The van der Waals surface area contributed by atoms with Crippen LogP contribution in [0.1, 0.15) is 24.2 Å². The van der Waals surface area contributed by atoms with Gasteiger partial charge >= 0.3 is 11.9 Å². The molecule has 0 saturated heterocycles. The van der Waals surface area contributed by atoms with Gasteiger partial charge < -0.3 is 9.47 Å². The number of rotatable bonds is 6. The molecule has 0 aliphatic heterocycles. The third kappa shape index (κ3) is 4.26. The molecule has 0 unspecified atom stereocenters. The smallest absolute Gasteiger partial charge is 0.328 e. The Bertz CT molecular complexity index is 633. The molecule has 0 spiro atoms. The summed E-state index contributed by atoms with van der Waals surface area (Å²) in [4.78, 5) is 36.1. The zero-order chi connectivity index (χ0) is 17.7. The van der Waals surface area contributed by atoms with Crippen LogP contribution < -0.4 is 0 Å². The summed E-state index contributed by atoms with van der Waals surface area (Å²) < 4.78 is 35.7. The molecule has 0 aromatic heterocycles. The van der Waals surface area contributed by atoms with Crippen molar-refractivity contribution in [3.63, 3.8) is 0 Å². The van der Waals surface area contributed by atoms with Crippen LogP contribution in [0.3, 0.4) is 0 Å². The summed E-state index contributed by atoms with van der Waals surface area (Å²) >= 11 is 8.50. The second-order valence-corrected chi connectivity index (χ2v) is 5.32. The Morgan fingerprint density at radius 1 is 1.17 bits per heavy atom. The Morgan fingerprint density at radius 2 is 1.65 bits per heavy atom. The minimum Gasteiger partial charge on any atom is -0.465 e. The van der Waals surface area contributed by atoms with E-state index in [4.69, 9.17) is 11.6 Å². The minimum absolute atomic E-state index is 0.0861. The summed E-state index contributed by atoms with van der Waals surface area (Å²) in [7, 11) is 0. The van der Waals surface area contributed by atoms with E-state index in [1.54, 1.807) is 0 Å². The SMILES string of the molecule is CCOC(=O)C(C(=O)OCC)C(=O)c1cc(F)c(F)c(Br)c1Cl. The molecule has 0 saturated carbocycles. The van der Waals surface area contributed by atoms with Crippen molar-refractivity contribution in [2.24, 2.45) is 5.92 Å². The van der Waals surface area contributed by atoms with Crippen molar-refractivity contribution in [1.29, 1.82) is 0 Å². The molecule has 1 rings (SSSR count). The van der Waals surface area contributed by atoms with E-state index in [9.17, 15) is 23.2 Å². The van der Waals surface area contributed by atoms with E-state index in [1.807, 2.05) is 0 Å². The molecule has 0 bridgehead atoms. The number of esters is 2. The number of hydrogen-bond donors (Lipinski definition) is 0. The van der Waals surface area contributed by atoms with E-state index >= 15 is 0 Å². The van der Waals surface area contributed by atoms with Gasteiger partial charge in [0.05, 0.1) is 22.7 Å². The Hall–Kier alpha value is -1.54. The van der Waals surface area contributed by atoms with Crippen molar-refractivity contribution in [3.8, 4) is 0 Å². The van der Waals surface area contributed by atoms with Crippen molar-refractivity contribution in [1.82, 2.24) is 0 Å². The summed E-state index contributed by atoms with van der Waals surface area (Å²) in [6.45, 7) is 2.78. The van der Waals surface area contributed by atoms with Crippen LogP contribution in [0.2, 0.25) is 5.02 Å². The molecular formula is C14H12BrClF2O5. The fraction of sp³-hybridized carbons (Fsp3) is 0.357.